The number of methoxy groups -OCH3 is 1. The van der Waals surface area contributed by atoms with Gasteiger partial charge in [-0.05, 0) is 30.7 Å². The zero-order valence-electron chi connectivity index (χ0n) is 20.0. The summed E-state index contributed by atoms with van der Waals surface area (Å²) in [6.45, 7) is 1.20. The van der Waals surface area contributed by atoms with E-state index in [0.717, 1.165) is 24.1 Å². The van der Waals surface area contributed by atoms with Crippen LogP contribution in [0.4, 0.5) is 15.8 Å². The number of fused-ring (bicyclic) bond motifs is 4. The Hall–Kier alpha value is -4.18. The molecular weight excluding hydrogens is 477 g/mol. The highest BCUT2D eigenvalue weighted by molar-refractivity contribution is 6.09. The molecule has 1 saturated carbocycles. The Kier molecular flexibility index (Phi) is 5.03. The number of aromatic nitrogens is 3. The third-order valence-corrected chi connectivity index (χ3v) is 7.17. The van der Waals surface area contributed by atoms with E-state index in [0.29, 0.717) is 52.8 Å². The van der Waals surface area contributed by atoms with Crippen LogP contribution >= 0.6 is 0 Å². The van der Waals surface area contributed by atoms with Crippen molar-refractivity contribution in [2.24, 2.45) is 0 Å². The van der Waals surface area contributed by atoms with Crippen LogP contribution in [0.15, 0.2) is 42.6 Å². The smallest absolute Gasteiger partial charge is 0.255 e. The fourth-order valence-corrected chi connectivity index (χ4v) is 5.28. The highest BCUT2D eigenvalue weighted by atomic mass is 19.1. The van der Waals surface area contributed by atoms with E-state index in [-0.39, 0.29) is 29.7 Å². The number of para-hydroxylation sites is 1. The molecule has 3 atom stereocenters. The molecule has 10 heteroatoms. The van der Waals surface area contributed by atoms with E-state index in [1.807, 2.05) is 12.1 Å². The van der Waals surface area contributed by atoms with Crippen LogP contribution in [0.2, 0.25) is 0 Å². The number of nitrogens with one attached hydrogen (secondary N) is 3. The first kappa shape index (κ1) is 22.1. The number of rotatable bonds is 6. The van der Waals surface area contributed by atoms with Crippen LogP contribution < -0.4 is 20.1 Å². The Morgan fingerprint density at radius 2 is 2.14 bits per heavy atom. The number of hydrogen-bond donors (Lipinski definition) is 3. The summed E-state index contributed by atoms with van der Waals surface area (Å²) < 4.78 is 31.3. The highest BCUT2D eigenvalue weighted by Gasteiger charge is 2.48. The summed E-state index contributed by atoms with van der Waals surface area (Å²) in [4.78, 5) is 26.0. The van der Waals surface area contributed by atoms with Gasteiger partial charge in [0.2, 0.25) is 5.88 Å². The number of H-pyrrole nitrogens is 1. The number of amides is 1. The van der Waals surface area contributed by atoms with Gasteiger partial charge in [0.15, 0.2) is 11.6 Å². The number of benzene rings is 1. The molecule has 1 amide bonds. The van der Waals surface area contributed by atoms with Crippen molar-refractivity contribution in [1.29, 1.82) is 0 Å². The summed E-state index contributed by atoms with van der Waals surface area (Å²) in [6.07, 6.45) is 3.34. The maximum Gasteiger partial charge on any atom is 0.255 e. The first-order valence-electron chi connectivity index (χ1n) is 12.3. The minimum absolute atomic E-state index is 0.0453. The number of pyridine rings is 2. The highest BCUT2D eigenvalue weighted by Crippen LogP contribution is 2.50. The Bertz CT molecular complexity index is 1550. The topological polar surface area (TPSA) is 110 Å². The minimum Gasteiger partial charge on any atom is -0.492 e. The SMILES string of the molecule is COc1c(F)cccc1Nc1c(-c2ccnc3ccc(O[C@@H]4CCOC4)nc23)[nH]c2c1C(=O)N[C@H]1C[C@@H]21. The van der Waals surface area contributed by atoms with Gasteiger partial charge in [0.25, 0.3) is 5.91 Å². The third-order valence-electron chi connectivity index (χ3n) is 7.17. The molecule has 0 spiro atoms. The maximum absolute atomic E-state index is 14.5. The van der Waals surface area contributed by atoms with E-state index >= 15 is 0 Å². The molecule has 2 aliphatic heterocycles. The number of anilines is 2. The van der Waals surface area contributed by atoms with Gasteiger partial charge in [-0.1, -0.05) is 6.07 Å². The number of ether oxygens (including phenoxy) is 3. The summed E-state index contributed by atoms with van der Waals surface area (Å²) in [7, 11) is 1.41. The normalized spacial score (nSPS) is 21.8. The van der Waals surface area contributed by atoms with Crippen molar-refractivity contribution in [2.75, 3.05) is 25.6 Å². The van der Waals surface area contributed by atoms with Crippen molar-refractivity contribution in [3.63, 3.8) is 0 Å². The molecule has 3 aliphatic rings. The van der Waals surface area contributed by atoms with Crippen molar-refractivity contribution in [1.82, 2.24) is 20.3 Å². The van der Waals surface area contributed by atoms with Gasteiger partial charge in [-0.3, -0.25) is 9.78 Å². The number of carbonyl (C=O) groups excluding carboxylic acids is 1. The van der Waals surface area contributed by atoms with Gasteiger partial charge < -0.3 is 29.8 Å². The van der Waals surface area contributed by atoms with E-state index in [1.54, 1.807) is 24.4 Å². The zero-order valence-corrected chi connectivity index (χ0v) is 20.0. The lowest BCUT2D eigenvalue weighted by Crippen LogP contribution is -2.31. The molecule has 5 heterocycles. The molecule has 0 radical (unpaired) electrons. The van der Waals surface area contributed by atoms with Crippen LogP contribution in [0.3, 0.4) is 0 Å². The number of aromatic amines is 1. The van der Waals surface area contributed by atoms with Crippen molar-refractivity contribution >= 4 is 28.3 Å². The summed E-state index contributed by atoms with van der Waals surface area (Å²) in [5.74, 6) is 0.0780. The molecule has 188 valence electrons. The summed E-state index contributed by atoms with van der Waals surface area (Å²) in [5, 5.41) is 6.36. The van der Waals surface area contributed by atoms with Gasteiger partial charge in [0.1, 0.15) is 11.6 Å². The van der Waals surface area contributed by atoms with Gasteiger partial charge in [-0.15, -0.1) is 0 Å². The monoisotopic (exact) mass is 501 g/mol. The lowest BCUT2D eigenvalue weighted by Gasteiger charge is -2.17. The van der Waals surface area contributed by atoms with E-state index in [9.17, 15) is 9.18 Å². The van der Waals surface area contributed by atoms with Crippen LogP contribution in [-0.4, -0.2) is 53.3 Å². The van der Waals surface area contributed by atoms with Crippen LogP contribution in [0, 0.1) is 5.82 Å². The number of carbonyl (C=O) groups is 1. The first-order chi connectivity index (χ1) is 18.1. The molecule has 3 N–H and O–H groups in total. The molecule has 1 aliphatic carbocycles. The zero-order chi connectivity index (χ0) is 25.1. The first-order valence-corrected chi connectivity index (χ1v) is 12.3. The molecule has 7 rings (SSSR count). The number of hydrogen-bond acceptors (Lipinski definition) is 7. The van der Waals surface area contributed by atoms with Gasteiger partial charge in [-0.2, -0.15) is 0 Å². The van der Waals surface area contributed by atoms with Gasteiger partial charge in [0.05, 0.1) is 48.5 Å². The Labute approximate surface area is 211 Å². The second-order valence-electron chi connectivity index (χ2n) is 9.51. The van der Waals surface area contributed by atoms with Gasteiger partial charge >= 0.3 is 0 Å². The standard InChI is InChI=1S/C27H24FN5O4/c1-35-26-16(28)3-2-4-18(26)30-25-21-23(15-11-19(15)31-27(21)34)33-24(25)14-7-9-29-17-5-6-20(32-22(14)17)37-13-8-10-36-12-13/h2-7,9,13,15,19,30,33H,8,10-12H2,1H3,(H,31,34)/t13-,15-,19+/m1/s1. The average Bonchev–Trinajstić information content (AvgIpc) is 3.30. The molecule has 2 fully saturated rings. The predicted molar refractivity (Wildman–Crippen MR) is 134 cm³/mol. The van der Waals surface area contributed by atoms with Crippen molar-refractivity contribution < 1.29 is 23.4 Å². The van der Waals surface area contributed by atoms with Gasteiger partial charge in [0, 0.05) is 41.9 Å². The van der Waals surface area contributed by atoms with Crippen molar-refractivity contribution in [3.05, 3.63) is 59.7 Å². The van der Waals surface area contributed by atoms with E-state index < -0.39 is 5.82 Å². The molecule has 3 aromatic heterocycles. The lowest BCUT2D eigenvalue weighted by molar-refractivity contribution is 0.0944. The Balaban J connectivity index is 1.39. The quantitative estimate of drug-likeness (QED) is 0.362. The van der Waals surface area contributed by atoms with Crippen molar-refractivity contribution in [3.8, 4) is 22.9 Å². The largest absolute Gasteiger partial charge is 0.492 e. The van der Waals surface area contributed by atoms with E-state index in [4.69, 9.17) is 19.2 Å². The summed E-state index contributed by atoms with van der Waals surface area (Å²) >= 11 is 0. The fourth-order valence-electron chi connectivity index (χ4n) is 5.28. The number of nitrogens with zero attached hydrogens (tertiary/aromatic N) is 2. The minimum atomic E-state index is -0.501. The second-order valence-corrected chi connectivity index (χ2v) is 9.51. The molecule has 1 saturated heterocycles. The fraction of sp³-hybridized carbons (Fsp3) is 0.296. The summed E-state index contributed by atoms with van der Waals surface area (Å²) in [5.41, 5.74) is 5.04. The third kappa shape index (κ3) is 3.67. The van der Waals surface area contributed by atoms with Crippen LogP contribution in [-0.2, 0) is 4.74 Å². The molecule has 0 unspecified atom stereocenters. The second kappa shape index (κ2) is 8.45. The number of halogens is 1. The lowest BCUT2D eigenvalue weighted by atomic mass is 10.0. The predicted octanol–water partition coefficient (Wildman–Crippen LogP) is 4.28. The Morgan fingerprint density at radius 3 is 2.97 bits per heavy atom. The maximum atomic E-state index is 14.5. The molecule has 1 aromatic carbocycles. The van der Waals surface area contributed by atoms with Gasteiger partial charge in [-0.25, -0.2) is 9.37 Å². The molecule has 4 aromatic rings. The van der Waals surface area contributed by atoms with E-state index in [1.165, 1.54) is 13.2 Å². The molecular formula is C27H24FN5O4. The average molecular weight is 502 g/mol. The van der Waals surface area contributed by atoms with Crippen LogP contribution in [0.1, 0.15) is 34.8 Å². The van der Waals surface area contributed by atoms with E-state index in [2.05, 4.69) is 20.6 Å². The molecule has 0 bridgehead atoms. The van der Waals surface area contributed by atoms with Crippen LogP contribution in [0.5, 0.6) is 11.6 Å². The van der Waals surface area contributed by atoms with Crippen LogP contribution in [0.25, 0.3) is 22.3 Å². The Morgan fingerprint density at radius 1 is 1.22 bits per heavy atom. The summed E-state index contributed by atoms with van der Waals surface area (Å²) in [6, 6.07) is 10.3. The van der Waals surface area contributed by atoms with Crippen molar-refractivity contribution in [2.45, 2.75) is 30.9 Å². The molecule has 37 heavy (non-hydrogen) atoms. The molecule has 9 nitrogen and oxygen atoms in total.